The molecule has 3 atom stereocenters. The minimum Gasteiger partial charge on any atom is -0.480 e. The quantitative estimate of drug-likeness (QED) is 0.315. The minimum atomic E-state index is -1.17. The molecule has 0 spiro atoms. The van der Waals surface area contributed by atoms with Crippen LogP contribution in [-0.2, 0) is 19.2 Å². The van der Waals surface area contributed by atoms with E-state index in [1.54, 1.807) is 0 Å². The van der Waals surface area contributed by atoms with Gasteiger partial charge >= 0.3 is 5.97 Å². The molecule has 6 N–H and O–H groups in total. The molecule has 9 nitrogen and oxygen atoms in total. The number of unbranched alkanes of at least 4 members (excludes halogenated alkanes) is 1. The molecular weight excluding hydrogens is 304 g/mol. The van der Waals surface area contributed by atoms with Gasteiger partial charge in [-0.05, 0) is 39.7 Å². The van der Waals surface area contributed by atoms with Gasteiger partial charge in [-0.3, -0.25) is 19.2 Å². The van der Waals surface area contributed by atoms with Crippen LogP contribution in [0.2, 0.25) is 0 Å². The number of hydrogen-bond donors (Lipinski definition) is 5. The smallest absolute Gasteiger partial charge is 0.325 e. The van der Waals surface area contributed by atoms with Crippen molar-refractivity contribution in [1.82, 2.24) is 16.0 Å². The third-order valence-corrected chi connectivity index (χ3v) is 3.12. The maximum Gasteiger partial charge on any atom is 0.325 e. The van der Waals surface area contributed by atoms with Crippen LogP contribution in [0.1, 0.15) is 40.0 Å². The van der Waals surface area contributed by atoms with Gasteiger partial charge in [-0.25, -0.2) is 0 Å². The van der Waals surface area contributed by atoms with Crippen molar-refractivity contribution in [2.45, 2.75) is 58.2 Å². The summed E-state index contributed by atoms with van der Waals surface area (Å²) in [4.78, 5) is 45.8. The lowest BCUT2D eigenvalue weighted by molar-refractivity contribution is -0.141. The molecule has 0 rings (SSSR count). The topological polar surface area (TPSA) is 151 Å². The summed E-state index contributed by atoms with van der Waals surface area (Å²) in [6.45, 7) is 4.54. The van der Waals surface area contributed by atoms with E-state index in [2.05, 4.69) is 16.0 Å². The first-order valence-electron chi connectivity index (χ1n) is 7.49. The normalized spacial score (nSPS) is 14.3. The molecule has 0 aliphatic carbocycles. The molecule has 0 bridgehead atoms. The largest absolute Gasteiger partial charge is 0.480 e. The molecule has 3 amide bonds. The molecule has 0 fully saturated rings. The average Bonchev–Trinajstić information content (AvgIpc) is 2.45. The van der Waals surface area contributed by atoms with E-state index in [1.807, 2.05) is 0 Å². The zero-order valence-corrected chi connectivity index (χ0v) is 13.7. The van der Waals surface area contributed by atoms with Crippen LogP contribution in [0.3, 0.4) is 0 Å². The Hall–Kier alpha value is -2.16. The van der Waals surface area contributed by atoms with E-state index in [-0.39, 0.29) is 5.91 Å². The number of rotatable bonds is 10. The van der Waals surface area contributed by atoms with Crippen molar-refractivity contribution in [3.05, 3.63) is 0 Å². The Morgan fingerprint density at radius 1 is 0.957 bits per heavy atom. The van der Waals surface area contributed by atoms with Gasteiger partial charge in [0.15, 0.2) is 0 Å². The highest BCUT2D eigenvalue weighted by Gasteiger charge is 2.24. The van der Waals surface area contributed by atoms with Crippen molar-refractivity contribution in [2.24, 2.45) is 5.73 Å². The zero-order chi connectivity index (χ0) is 18.0. The Labute approximate surface area is 135 Å². The summed E-state index contributed by atoms with van der Waals surface area (Å²) in [5.74, 6) is -2.64. The van der Waals surface area contributed by atoms with Crippen LogP contribution < -0.4 is 21.7 Å². The molecule has 23 heavy (non-hydrogen) atoms. The van der Waals surface area contributed by atoms with Gasteiger partial charge in [0.25, 0.3) is 0 Å². The van der Waals surface area contributed by atoms with E-state index in [0.717, 1.165) is 6.42 Å². The molecule has 0 aliphatic rings. The SMILES string of the molecule is CC(=O)NC(CCCCN)C(=O)NC(C)C(=O)NC(C)C(=O)O. The third-order valence-electron chi connectivity index (χ3n) is 3.12. The molecule has 0 aliphatic heterocycles. The number of nitrogens with two attached hydrogens (primary N) is 1. The van der Waals surface area contributed by atoms with Gasteiger partial charge in [0, 0.05) is 6.92 Å². The van der Waals surface area contributed by atoms with Crippen molar-refractivity contribution in [1.29, 1.82) is 0 Å². The predicted octanol–water partition coefficient (Wildman–Crippen LogP) is -1.29. The van der Waals surface area contributed by atoms with Crippen LogP contribution in [0.25, 0.3) is 0 Å². The summed E-state index contributed by atoms with van der Waals surface area (Å²) < 4.78 is 0. The Morgan fingerprint density at radius 3 is 2.00 bits per heavy atom. The van der Waals surface area contributed by atoms with Crippen LogP contribution in [0.15, 0.2) is 0 Å². The lowest BCUT2D eigenvalue weighted by atomic mass is 10.1. The van der Waals surface area contributed by atoms with Crippen molar-refractivity contribution in [3.63, 3.8) is 0 Å². The highest BCUT2D eigenvalue weighted by atomic mass is 16.4. The minimum absolute atomic E-state index is 0.352. The van der Waals surface area contributed by atoms with Gasteiger partial charge in [0.05, 0.1) is 0 Å². The van der Waals surface area contributed by atoms with Crippen molar-refractivity contribution < 1.29 is 24.3 Å². The fourth-order valence-electron chi connectivity index (χ4n) is 1.79. The molecule has 0 saturated heterocycles. The summed E-state index contributed by atoms with van der Waals surface area (Å²) in [6, 6.07) is -2.74. The van der Waals surface area contributed by atoms with E-state index in [4.69, 9.17) is 10.8 Å². The molecule has 0 heterocycles. The molecule has 3 unspecified atom stereocenters. The van der Waals surface area contributed by atoms with Crippen LogP contribution in [0, 0.1) is 0 Å². The van der Waals surface area contributed by atoms with Gasteiger partial charge in [0.2, 0.25) is 17.7 Å². The van der Waals surface area contributed by atoms with E-state index < -0.39 is 35.9 Å². The number of hydrogen-bond acceptors (Lipinski definition) is 5. The van der Waals surface area contributed by atoms with Crippen molar-refractivity contribution in [3.8, 4) is 0 Å². The number of amides is 3. The molecule has 0 aromatic carbocycles. The molecule has 0 aromatic heterocycles. The number of carbonyl (C=O) groups is 4. The predicted molar refractivity (Wildman–Crippen MR) is 83.4 cm³/mol. The second kappa shape index (κ2) is 10.5. The fraction of sp³-hybridized carbons (Fsp3) is 0.714. The summed E-state index contributed by atoms with van der Waals surface area (Å²) >= 11 is 0. The maximum absolute atomic E-state index is 12.2. The van der Waals surface area contributed by atoms with Crippen molar-refractivity contribution in [2.75, 3.05) is 6.54 Å². The lowest BCUT2D eigenvalue weighted by Gasteiger charge is -2.21. The molecule has 132 valence electrons. The van der Waals surface area contributed by atoms with Gasteiger partial charge in [-0.1, -0.05) is 0 Å². The fourth-order valence-corrected chi connectivity index (χ4v) is 1.79. The number of carbonyl (C=O) groups excluding carboxylic acids is 3. The molecule has 0 radical (unpaired) electrons. The summed E-state index contributed by atoms with van der Waals surface area (Å²) in [7, 11) is 0. The Bertz CT molecular complexity index is 441. The summed E-state index contributed by atoms with van der Waals surface area (Å²) in [5.41, 5.74) is 5.39. The van der Waals surface area contributed by atoms with E-state index >= 15 is 0 Å². The zero-order valence-electron chi connectivity index (χ0n) is 13.7. The monoisotopic (exact) mass is 330 g/mol. The van der Waals surface area contributed by atoms with Gasteiger partial charge in [0.1, 0.15) is 18.1 Å². The van der Waals surface area contributed by atoms with E-state index in [0.29, 0.717) is 19.4 Å². The average molecular weight is 330 g/mol. The number of nitrogens with one attached hydrogen (secondary N) is 3. The summed E-state index contributed by atoms with van der Waals surface area (Å²) in [5, 5.41) is 16.0. The van der Waals surface area contributed by atoms with Crippen LogP contribution in [0.4, 0.5) is 0 Å². The van der Waals surface area contributed by atoms with Crippen molar-refractivity contribution >= 4 is 23.7 Å². The van der Waals surface area contributed by atoms with Crippen LogP contribution in [-0.4, -0.2) is 53.5 Å². The number of carboxylic acids is 1. The Balaban J connectivity index is 4.59. The Kier molecular flexibility index (Phi) is 9.56. The maximum atomic E-state index is 12.2. The number of aliphatic carboxylic acids is 1. The standard InChI is InChI=1S/C14H26N4O5/c1-8(12(20)17-9(2)14(22)23)16-13(21)11(18-10(3)19)6-4-5-7-15/h8-9,11H,4-7,15H2,1-3H3,(H,16,21)(H,17,20)(H,18,19)(H,22,23). The molecule has 9 heteroatoms. The lowest BCUT2D eigenvalue weighted by Crippen LogP contribution is -2.54. The first-order valence-corrected chi connectivity index (χ1v) is 7.49. The van der Waals surface area contributed by atoms with Gasteiger partial charge < -0.3 is 26.8 Å². The highest BCUT2D eigenvalue weighted by Crippen LogP contribution is 2.02. The van der Waals surface area contributed by atoms with Crippen LogP contribution >= 0.6 is 0 Å². The Morgan fingerprint density at radius 2 is 1.52 bits per heavy atom. The molecular formula is C14H26N4O5. The molecule has 0 aromatic rings. The number of carboxylic acid groups (broad SMARTS) is 1. The first-order chi connectivity index (χ1) is 10.7. The van der Waals surface area contributed by atoms with Crippen LogP contribution in [0.5, 0.6) is 0 Å². The van der Waals surface area contributed by atoms with Gasteiger partial charge in [-0.15, -0.1) is 0 Å². The third kappa shape index (κ3) is 8.77. The first kappa shape index (κ1) is 20.8. The second-order valence-electron chi connectivity index (χ2n) is 5.34. The highest BCUT2D eigenvalue weighted by molar-refractivity contribution is 5.92. The van der Waals surface area contributed by atoms with E-state index in [1.165, 1.54) is 20.8 Å². The van der Waals surface area contributed by atoms with Gasteiger partial charge in [-0.2, -0.15) is 0 Å². The molecule has 0 saturated carbocycles. The second-order valence-corrected chi connectivity index (χ2v) is 5.34. The van der Waals surface area contributed by atoms with E-state index in [9.17, 15) is 19.2 Å². The summed E-state index contributed by atoms with van der Waals surface area (Å²) in [6.07, 6.45) is 1.78.